The first-order chi connectivity index (χ1) is 19.2. The standard InChI is InChI=1S/C31H43ClN5O2P/c1-6-7-8-11-16-37-17-14-23(15-18-37)24-20-28(39-3)27(19-22(24)2)35-31-33-21-25(32)30(36-31)34-26-12-9-10-13-29(26)40(4,5)38/h9-10,12-13,19-21,23H,6-8,11,14-18H2,1-5H3,(H2,33,34,35,36). The van der Waals surface area contributed by atoms with Gasteiger partial charge in [-0.25, -0.2) is 4.98 Å². The maximum Gasteiger partial charge on any atom is 0.229 e. The molecule has 1 aromatic heterocycles. The van der Waals surface area contributed by atoms with Crippen molar-refractivity contribution in [1.82, 2.24) is 14.9 Å². The van der Waals surface area contributed by atoms with Crippen LogP contribution in [0.1, 0.15) is 62.5 Å². The molecular formula is C31H43ClN5O2P. The zero-order valence-corrected chi connectivity index (χ0v) is 26.1. The molecule has 1 fully saturated rings. The molecule has 0 amide bonds. The van der Waals surface area contributed by atoms with Crippen LogP contribution in [0.3, 0.4) is 0 Å². The van der Waals surface area contributed by atoms with E-state index < -0.39 is 7.14 Å². The Bertz CT molecular complexity index is 1340. The molecule has 0 bridgehead atoms. The van der Waals surface area contributed by atoms with Gasteiger partial charge in [-0.15, -0.1) is 0 Å². The Balaban J connectivity index is 1.48. The molecule has 9 heteroatoms. The van der Waals surface area contributed by atoms with Gasteiger partial charge in [-0.1, -0.05) is 49.9 Å². The fourth-order valence-corrected chi connectivity index (χ4v) is 6.75. The summed E-state index contributed by atoms with van der Waals surface area (Å²) in [5, 5.41) is 7.70. The van der Waals surface area contributed by atoms with Crippen molar-refractivity contribution in [2.75, 3.05) is 50.7 Å². The van der Waals surface area contributed by atoms with E-state index in [2.05, 4.69) is 51.5 Å². The lowest BCUT2D eigenvalue weighted by atomic mass is 9.86. The number of rotatable bonds is 12. The molecule has 0 atom stereocenters. The van der Waals surface area contributed by atoms with Crippen molar-refractivity contribution in [3.8, 4) is 5.75 Å². The number of nitrogens with one attached hydrogen (secondary N) is 2. The molecule has 0 aliphatic carbocycles. The number of methoxy groups -OCH3 is 1. The fourth-order valence-electron chi connectivity index (χ4n) is 5.45. The van der Waals surface area contributed by atoms with Gasteiger partial charge in [0.25, 0.3) is 0 Å². The summed E-state index contributed by atoms with van der Waals surface area (Å²) in [7, 11) is -0.809. The highest BCUT2D eigenvalue weighted by Gasteiger charge is 2.23. The number of halogens is 1. The number of likely N-dealkylation sites (tertiary alicyclic amines) is 1. The van der Waals surface area contributed by atoms with Crippen LogP contribution in [0.4, 0.5) is 23.1 Å². The molecule has 0 saturated carbocycles. The monoisotopic (exact) mass is 583 g/mol. The number of nitrogens with zero attached hydrogens (tertiary/aromatic N) is 3. The van der Waals surface area contributed by atoms with Crippen molar-refractivity contribution in [3.05, 3.63) is 58.7 Å². The summed E-state index contributed by atoms with van der Waals surface area (Å²) < 4.78 is 18.6. The van der Waals surface area contributed by atoms with Crippen LogP contribution in [0, 0.1) is 6.92 Å². The van der Waals surface area contributed by atoms with Crippen LogP contribution in [0.5, 0.6) is 5.75 Å². The summed E-state index contributed by atoms with van der Waals surface area (Å²) in [5.74, 6) is 2.13. The summed E-state index contributed by atoms with van der Waals surface area (Å²) >= 11 is 6.45. The number of aryl methyl sites for hydroxylation is 1. The van der Waals surface area contributed by atoms with Gasteiger partial charge in [0.05, 0.1) is 24.7 Å². The van der Waals surface area contributed by atoms with Gasteiger partial charge in [-0.3, -0.25) is 0 Å². The summed E-state index contributed by atoms with van der Waals surface area (Å²) in [5.41, 5.74) is 4.10. The number of ether oxygens (including phenoxy) is 1. The van der Waals surface area contributed by atoms with E-state index in [9.17, 15) is 4.57 Å². The van der Waals surface area contributed by atoms with Crippen LogP contribution in [-0.4, -0.2) is 54.9 Å². The van der Waals surface area contributed by atoms with E-state index in [1.54, 1.807) is 26.6 Å². The highest BCUT2D eigenvalue weighted by molar-refractivity contribution is 7.70. The van der Waals surface area contributed by atoms with Crippen LogP contribution in [0.25, 0.3) is 0 Å². The minimum Gasteiger partial charge on any atom is -0.495 e. The molecule has 0 unspecified atom stereocenters. The predicted octanol–water partition coefficient (Wildman–Crippen LogP) is 7.94. The smallest absolute Gasteiger partial charge is 0.229 e. The van der Waals surface area contributed by atoms with Gasteiger partial charge in [-0.05, 0) is 100 Å². The first-order valence-corrected chi connectivity index (χ1v) is 17.3. The predicted molar refractivity (Wildman–Crippen MR) is 169 cm³/mol. The number of para-hydroxylation sites is 1. The van der Waals surface area contributed by atoms with Crippen molar-refractivity contribution < 1.29 is 9.30 Å². The van der Waals surface area contributed by atoms with Crippen LogP contribution in [-0.2, 0) is 4.57 Å². The molecule has 3 aromatic rings. The first kappa shape index (κ1) is 30.4. The second-order valence-corrected chi connectivity index (χ2v) is 14.7. The second kappa shape index (κ2) is 13.8. The molecule has 0 radical (unpaired) electrons. The van der Waals surface area contributed by atoms with Crippen LogP contribution >= 0.6 is 18.7 Å². The van der Waals surface area contributed by atoms with Gasteiger partial charge in [0.1, 0.15) is 17.9 Å². The third-order valence-electron chi connectivity index (χ3n) is 7.67. The number of anilines is 4. The normalized spacial score (nSPS) is 14.8. The maximum absolute atomic E-state index is 12.8. The van der Waals surface area contributed by atoms with E-state index in [0.717, 1.165) is 29.8 Å². The molecule has 1 aliphatic rings. The van der Waals surface area contributed by atoms with E-state index in [1.165, 1.54) is 56.2 Å². The number of aromatic nitrogens is 2. The number of unbranched alkanes of at least 4 members (excludes halogenated alkanes) is 3. The Morgan fingerprint density at radius 1 is 1.07 bits per heavy atom. The van der Waals surface area contributed by atoms with E-state index >= 15 is 0 Å². The lowest BCUT2D eigenvalue weighted by molar-refractivity contribution is 0.208. The van der Waals surface area contributed by atoms with Crippen molar-refractivity contribution in [3.63, 3.8) is 0 Å². The molecule has 1 aliphatic heterocycles. The molecule has 40 heavy (non-hydrogen) atoms. The fraction of sp³-hybridized carbons (Fsp3) is 0.484. The zero-order chi connectivity index (χ0) is 28.7. The molecule has 2 heterocycles. The average molecular weight is 584 g/mol. The highest BCUT2D eigenvalue weighted by atomic mass is 35.5. The number of hydrogen-bond donors (Lipinski definition) is 2. The minimum atomic E-state index is -2.50. The Kier molecular flexibility index (Phi) is 10.5. The molecule has 7 nitrogen and oxygen atoms in total. The van der Waals surface area contributed by atoms with Gasteiger partial charge < -0.3 is 24.8 Å². The van der Waals surface area contributed by atoms with Gasteiger partial charge in [0.15, 0.2) is 5.82 Å². The van der Waals surface area contributed by atoms with E-state index in [4.69, 9.17) is 16.3 Å². The van der Waals surface area contributed by atoms with E-state index in [-0.39, 0.29) is 0 Å². The second-order valence-electron chi connectivity index (χ2n) is 11.1. The molecule has 216 valence electrons. The highest BCUT2D eigenvalue weighted by Crippen LogP contribution is 2.40. The Morgan fingerprint density at radius 3 is 2.52 bits per heavy atom. The van der Waals surface area contributed by atoms with Gasteiger partial charge in [0.2, 0.25) is 5.95 Å². The van der Waals surface area contributed by atoms with Crippen molar-refractivity contribution in [2.45, 2.75) is 58.3 Å². The molecule has 4 rings (SSSR count). The topological polar surface area (TPSA) is 79.4 Å². The van der Waals surface area contributed by atoms with E-state index in [0.29, 0.717) is 28.4 Å². The van der Waals surface area contributed by atoms with Crippen molar-refractivity contribution in [1.29, 1.82) is 0 Å². The lowest BCUT2D eigenvalue weighted by Gasteiger charge is -2.33. The SMILES string of the molecule is CCCCCCN1CCC(c2cc(OC)c(Nc3ncc(Cl)c(Nc4ccccc4P(C)(C)=O)n3)cc2C)CC1. The lowest BCUT2D eigenvalue weighted by Crippen LogP contribution is -2.33. The molecule has 2 N–H and O–H groups in total. The van der Waals surface area contributed by atoms with Crippen molar-refractivity contribution >= 4 is 47.2 Å². The third-order valence-corrected chi connectivity index (χ3v) is 9.50. The molecule has 2 aromatic carbocycles. The summed E-state index contributed by atoms with van der Waals surface area (Å²) in [6.07, 6.45) is 9.16. The average Bonchev–Trinajstić information content (AvgIpc) is 2.93. The van der Waals surface area contributed by atoms with Crippen LogP contribution in [0.15, 0.2) is 42.6 Å². The Morgan fingerprint density at radius 2 is 1.82 bits per heavy atom. The minimum absolute atomic E-state index is 0.373. The Labute approximate surface area is 244 Å². The van der Waals surface area contributed by atoms with Crippen molar-refractivity contribution in [2.24, 2.45) is 0 Å². The largest absolute Gasteiger partial charge is 0.495 e. The molecule has 0 spiro atoms. The van der Waals surface area contributed by atoms with Gasteiger partial charge in [0, 0.05) is 5.30 Å². The maximum atomic E-state index is 12.8. The summed E-state index contributed by atoms with van der Waals surface area (Å²) in [4.78, 5) is 11.7. The van der Waals surface area contributed by atoms with Gasteiger partial charge in [-0.2, -0.15) is 4.98 Å². The number of benzene rings is 2. The molecule has 1 saturated heterocycles. The zero-order valence-electron chi connectivity index (χ0n) is 24.5. The first-order valence-electron chi connectivity index (χ1n) is 14.3. The summed E-state index contributed by atoms with van der Waals surface area (Å²) in [6, 6.07) is 11.8. The quantitative estimate of drug-likeness (QED) is 0.165. The molecular weight excluding hydrogens is 541 g/mol. The summed E-state index contributed by atoms with van der Waals surface area (Å²) in [6.45, 7) is 11.5. The van der Waals surface area contributed by atoms with Gasteiger partial charge >= 0.3 is 0 Å². The third kappa shape index (κ3) is 7.78. The number of piperidine rings is 1. The number of hydrogen-bond acceptors (Lipinski definition) is 7. The van der Waals surface area contributed by atoms with Crippen LogP contribution in [0.2, 0.25) is 5.02 Å². The van der Waals surface area contributed by atoms with E-state index in [1.807, 2.05) is 24.3 Å². The van der Waals surface area contributed by atoms with Crippen LogP contribution < -0.4 is 20.7 Å². The Hall–Kier alpha value is -2.60.